The SMILES string of the molecule is COC(=O)C(NC(=O)c1c(O)c(-c2ccccc2)nc2ccccc12)C1=NC=CCC1=O. The summed E-state index contributed by atoms with van der Waals surface area (Å²) in [5.74, 6) is -2.36. The second-order valence-corrected chi connectivity index (χ2v) is 7.02. The number of allylic oxidation sites excluding steroid dienone is 1. The minimum absolute atomic E-state index is 0.0593. The van der Waals surface area contributed by atoms with Gasteiger partial charge in [0.2, 0.25) is 0 Å². The molecule has 32 heavy (non-hydrogen) atoms. The topological polar surface area (TPSA) is 118 Å². The van der Waals surface area contributed by atoms with Crippen molar-refractivity contribution in [1.82, 2.24) is 10.3 Å². The number of para-hydroxylation sites is 1. The summed E-state index contributed by atoms with van der Waals surface area (Å²) in [5.41, 5.74) is 1.12. The fraction of sp³-hybridized carbons (Fsp3) is 0.125. The second-order valence-electron chi connectivity index (χ2n) is 7.02. The summed E-state index contributed by atoms with van der Waals surface area (Å²) >= 11 is 0. The van der Waals surface area contributed by atoms with Gasteiger partial charge in [0.25, 0.3) is 5.91 Å². The molecule has 0 spiro atoms. The highest BCUT2D eigenvalue weighted by Crippen LogP contribution is 2.35. The van der Waals surface area contributed by atoms with E-state index in [-0.39, 0.29) is 29.1 Å². The van der Waals surface area contributed by atoms with E-state index in [4.69, 9.17) is 4.74 Å². The number of carbonyl (C=O) groups is 3. The molecule has 0 saturated heterocycles. The van der Waals surface area contributed by atoms with Crippen molar-refractivity contribution in [3.8, 4) is 17.0 Å². The molecule has 2 aromatic carbocycles. The van der Waals surface area contributed by atoms with Crippen molar-refractivity contribution in [1.29, 1.82) is 0 Å². The predicted octanol–water partition coefficient (Wildman–Crippen LogP) is 2.81. The van der Waals surface area contributed by atoms with Crippen LogP contribution in [-0.4, -0.2) is 46.6 Å². The first-order valence-electron chi connectivity index (χ1n) is 9.83. The number of ether oxygens (including phenoxy) is 1. The summed E-state index contributed by atoms with van der Waals surface area (Å²) in [6.07, 6.45) is 3.01. The van der Waals surface area contributed by atoms with Crippen molar-refractivity contribution < 1.29 is 24.2 Å². The summed E-state index contributed by atoms with van der Waals surface area (Å²) in [5, 5.41) is 13.9. The Kier molecular flexibility index (Phi) is 5.76. The van der Waals surface area contributed by atoms with Gasteiger partial charge in [0.15, 0.2) is 17.6 Å². The number of benzene rings is 2. The third kappa shape index (κ3) is 3.85. The van der Waals surface area contributed by atoms with Crippen LogP contribution in [-0.2, 0) is 14.3 Å². The van der Waals surface area contributed by atoms with E-state index >= 15 is 0 Å². The number of esters is 1. The number of amides is 1. The molecule has 8 heteroatoms. The standard InChI is InChI=1S/C24H19N3O5/c1-32-24(31)21(20-17(28)12-7-13-25-20)27-23(30)18-15-10-5-6-11-16(15)26-19(22(18)29)14-8-3-2-4-9-14/h2-11,13,21,29H,12H2,1H3,(H,27,30). The van der Waals surface area contributed by atoms with Gasteiger partial charge in [0.1, 0.15) is 11.4 Å². The van der Waals surface area contributed by atoms with Crippen LogP contribution < -0.4 is 5.32 Å². The van der Waals surface area contributed by atoms with Crippen molar-refractivity contribution in [2.45, 2.75) is 12.5 Å². The molecule has 0 saturated carbocycles. The van der Waals surface area contributed by atoms with Gasteiger partial charge in [0.05, 0.1) is 18.2 Å². The maximum atomic E-state index is 13.4. The number of nitrogens with one attached hydrogen (secondary N) is 1. The molecule has 1 aromatic heterocycles. The zero-order chi connectivity index (χ0) is 22.7. The van der Waals surface area contributed by atoms with Crippen molar-refractivity contribution in [3.63, 3.8) is 0 Å². The molecular formula is C24H19N3O5. The van der Waals surface area contributed by atoms with Crippen LogP contribution in [0.4, 0.5) is 0 Å². The van der Waals surface area contributed by atoms with Crippen molar-refractivity contribution in [2.75, 3.05) is 7.11 Å². The number of nitrogens with zero attached hydrogens (tertiary/aromatic N) is 2. The fourth-order valence-electron chi connectivity index (χ4n) is 3.49. The Labute approximate surface area is 183 Å². The summed E-state index contributed by atoms with van der Waals surface area (Å²) in [4.78, 5) is 46.5. The van der Waals surface area contributed by atoms with Gasteiger partial charge in [0, 0.05) is 23.6 Å². The van der Waals surface area contributed by atoms with Crippen molar-refractivity contribution in [2.24, 2.45) is 4.99 Å². The number of methoxy groups -OCH3 is 1. The molecule has 0 bridgehead atoms. The molecule has 8 nitrogen and oxygen atoms in total. The molecule has 4 rings (SSSR count). The van der Waals surface area contributed by atoms with Crippen LogP contribution in [0.5, 0.6) is 5.75 Å². The Hall–Kier alpha value is -4.33. The van der Waals surface area contributed by atoms with Gasteiger partial charge in [-0.3, -0.25) is 14.6 Å². The number of Topliss-reactive ketones (excluding diaryl/α,β-unsaturated/α-hetero) is 1. The number of ketones is 1. The van der Waals surface area contributed by atoms with Crippen LogP contribution in [0, 0.1) is 0 Å². The first kappa shape index (κ1) is 20.9. The van der Waals surface area contributed by atoms with Gasteiger partial charge in [-0.15, -0.1) is 0 Å². The van der Waals surface area contributed by atoms with E-state index in [2.05, 4.69) is 15.3 Å². The van der Waals surface area contributed by atoms with E-state index in [1.165, 1.54) is 6.20 Å². The molecule has 1 aliphatic heterocycles. The smallest absolute Gasteiger partial charge is 0.334 e. The predicted molar refractivity (Wildman–Crippen MR) is 118 cm³/mol. The number of pyridine rings is 1. The first-order valence-corrected chi connectivity index (χ1v) is 9.83. The quantitative estimate of drug-likeness (QED) is 0.602. The highest BCUT2D eigenvalue weighted by molar-refractivity contribution is 6.46. The van der Waals surface area contributed by atoms with Crippen LogP contribution in [0.25, 0.3) is 22.2 Å². The van der Waals surface area contributed by atoms with E-state index < -0.39 is 23.7 Å². The molecule has 1 unspecified atom stereocenters. The number of carbonyl (C=O) groups excluding carboxylic acids is 3. The number of aromatic nitrogens is 1. The van der Waals surface area contributed by atoms with Gasteiger partial charge >= 0.3 is 5.97 Å². The van der Waals surface area contributed by atoms with Gasteiger partial charge in [-0.1, -0.05) is 54.6 Å². The van der Waals surface area contributed by atoms with Gasteiger partial charge in [-0.2, -0.15) is 0 Å². The van der Waals surface area contributed by atoms with Crippen LogP contribution in [0.1, 0.15) is 16.8 Å². The van der Waals surface area contributed by atoms with E-state index in [1.807, 2.05) is 6.07 Å². The van der Waals surface area contributed by atoms with Crippen molar-refractivity contribution >= 4 is 34.3 Å². The molecule has 160 valence electrons. The zero-order valence-corrected chi connectivity index (χ0v) is 17.1. The molecule has 2 heterocycles. The average Bonchev–Trinajstić information content (AvgIpc) is 2.82. The monoisotopic (exact) mass is 429 g/mol. The number of fused-ring (bicyclic) bond motifs is 1. The maximum absolute atomic E-state index is 13.4. The van der Waals surface area contributed by atoms with E-state index in [9.17, 15) is 19.5 Å². The van der Waals surface area contributed by atoms with Gasteiger partial charge in [-0.25, -0.2) is 9.78 Å². The van der Waals surface area contributed by atoms with Gasteiger partial charge < -0.3 is 15.2 Å². The summed E-state index contributed by atoms with van der Waals surface area (Å²) in [6, 6.07) is 14.3. The summed E-state index contributed by atoms with van der Waals surface area (Å²) in [6.45, 7) is 0. The number of hydrogen-bond acceptors (Lipinski definition) is 7. The average molecular weight is 429 g/mol. The number of aromatic hydroxyl groups is 1. The largest absolute Gasteiger partial charge is 0.505 e. The fourth-order valence-corrected chi connectivity index (χ4v) is 3.49. The van der Waals surface area contributed by atoms with Crippen LogP contribution in [0.2, 0.25) is 0 Å². The van der Waals surface area contributed by atoms with Crippen molar-refractivity contribution in [3.05, 3.63) is 72.4 Å². The summed E-state index contributed by atoms with van der Waals surface area (Å²) in [7, 11) is 1.15. The lowest BCUT2D eigenvalue weighted by molar-refractivity contribution is -0.141. The molecule has 0 aliphatic carbocycles. The number of rotatable bonds is 5. The Bertz CT molecular complexity index is 1280. The summed E-state index contributed by atoms with van der Waals surface area (Å²) < 4.78 is 4.78. The lowest BCUT2D eigenvalue weighted by Gasteiger charge is -2.20. The molecule has 1 atom stereocenters. The van der Waals surface area contributed by atoms with E-state index in [1.54, 1.807) is 54.6 Å². The molecule has 2 N–H and O–H groups in total. The highest BCUT2D eigenvalue weighted by Gasteiger charge is 2.33. The Balaban J connectivity index is 1.83. The molecule has 3 aromatic rings. The second kappa shape index (κ2) is 8.81. The maximum Gasteiger partial charge on any atom is 0.334 e. The third-order valence-corrected chi connectivity index (χ3v) is 5.03. The molecular weight excluding hydrogens is 410 g/mol. The Morgan fingerprint density at radius 1 is 1.09 bits per heavy atom. The van der Waals surface area contributed by atoms with Crippen LogP contribution >= 0.6 is 0 Å². The Morgan fingerprint density at radius 3 is 2.53 bits per heavy atom. The van der Waals surface area contributed by atoms with Crippen LogP contribution in [0.3, 0.4) is 0 Å². The molecule has 1 aliphatic rings. The lowest BCUT2D eigenvalue weighted by Crippen LogP contribution is -2.50. The minimum Gasteiger partial charge on any atom is -0.505 e. The van der Waals surface area contributed by atoms with E-state index in [0.717, 1.165) is 7.11 Å². The lowest BCUT2D eigenvalue weighted by atomic mass is 10.00. The number of aliphatic imine (C=N–C) groups is 1. The van der Waals surface area contributed by atoms with Crippen LogP contribution in [0.15, 0.2) is 71.9 Å². The Morgan fingerprint density at radius 2 is 1.81 bits per heavy atom. The van der Waals surface area contributed by atoms with E-state index in [0.29, 0.717) is 16.5 Å². The molecule has 0 radical (unpaired) electrons. The zero-order valence-electron chi connectivity index (χ0n) is 17.1. The molecule has 0 fully saturated rings. The third-order valence-electron chi connectivity index (χ3n) is 5.03. The highest BCUT2D eigenvalue weighted by atomic mass is 16.5. The normalized spacial score (nSPS) is 14.0. The molecule has 1 amide bonds. The van der Waals surface area contributed by atoms with Gasteiger partial charge in [-0.05, 0) is 6.07 Å². The number of hydrogen-bond donors (Lipinski definition) is 2. The minimum atomic E-state index is -1.42. The first-order chi connectivity index (χ1) is 15.5.